The lowest BCUT2D eigenvalue weighted by Crippen LogP contribution is -2.41. The van der Waals surface area contributed by atoms with Crippen LogP contribution in [0.5, 0.6) is 11.9 Å². The number of benzene rings is 1. The van der Waals surface area contributed by atoms with E-state index in [1.165, 1.54) is 33.3 Å². The van der Waals surface area contributed by atoms with E-state index >= 15 is 0 Å². The zero-order chi connectivity index (χ0) is 21.0. The largest absolute Gasteiger partial charge is 0.474 e. The highest BCUT2D eigenvalue weighted by atomic mass is 32.2. The quantitative estimate of drug-likeness (QED) is 0.696. The third kappa shape index (κ3) is 4.83. The highest BCUT2D eigenvalue weighted by Gasteiger charge is 2.26. The van der Waals surface area contributed by atoms with Gasteiger partial charge in [-0.1, -0.05) is 0 Å². The van der Waals surface area contributed by atoms with Crippen LogP contribution in [0.15, 0.2) is 41.4 Å². The standard InChI is InChI=1S/C19H24N4O5S/c1-22(2)29(25,26)16-6-4-14(5-7-16)18(24)23-12-9-15(10-13-23)28-17-8-11-20-19(21-17)27-3/h4-8,11,15H,9-10,12-13H2,1-3H3. The average molecular weight is 420 g/mol. The molecule has 0 atom stereocenters. The summed E-state index contributed by atoms with van der Waals surface area (Å²) in [7, 11) is 0.919. The number of sulfonamides is 1. The molecule has 1 aromatic heterocycles. The van der Waals surface area contributed by atoms with Crippen molar-refractivity contribution in [1.82, 2.24) is 19.2 Å². The zero-order valence-electron chi connectivity index (χ0n) is 16.6. The lowest BCUT2D eigenvalue weighted by Gasteiger charge is -2.32. The van der Waals surface area contributed by atoms with Gasteiger partial charge in [0, 0.05) is 57.9 Å². The minimum atomic E-state index is -3.51. The Bertz CT molecular complexity index is 955. The summed E-state index contributed by atoms with van der Waals surface area (Å²) in [6.07, 6.45) is 2.86. The molecule has 1 saturated heterocycles. The van der Waals surface area contributed by atoms with Crippen LogP contribution in [0.2, 0.25) is 0 Å². The van der Waals surface area contributed by atoms with Crippen molar-refractivity contribution in [2.75, 3.05) is 34.3 Å². The Morgan fingerprint density at radius 3 is 2.38 bits per heavy atom. The van der Waals surface area contributed by atoms with E-state index in [9.17, 15) is 13.2 Å². The van der Waals surface area contributed by atoms with E-state index in [0.717, 1.165) is 4.31 Å². The molecule has 0 saturated carbocycles. The van der Waals surface area contributed by atoms with Gasteiger partial charge in [0.15, 0.2) is 0 Å². The molecule has 1 amide bonds. The van der Waals surface area contributed by atoms with Crippen LogP contribution in [-0.4, -0.2) is 73.9 Å². The number of rotatable bonds is 6. The van der Waals surface area contributed by atoms with Crippen molar-refractivity contribution in [3.63, 3.8) is 0 Å². The summed E-state index contributed by atoms with van der Waals surface area (Å²) < 4.78 is 36.3. The molecule has 3 rings (SSSR count). The number of nitrogens with zero attached hydrogens (tertiary/aromatic N) is 4. The first-order valence-electron chi connectivity index (χ1n) is 9.17. The van der Waals surface area contributed by atoms with Gasteiger partial charge >= 0.3 is 6.01 Å². The van der Waals surface area contributed by atoms with Crippen molar-refractivity contribution in [1.29, 1.82) is 0 Å². The van der Waals surface area contributed by atoms with Crippen molar-refractivity contribution in [3.8, 4) is 11.9 Å². The number of ether oxygens (including phenoxy) is 2. The van der Waals surface area contributed by atoms with Crippen molar-refractivity contribution >= 4 is 15.9 Å². The van der Waals surface area contributed by atoms with Crippen molar-refractivity contribution in [3.05, 3.63) is 42.1 Å². The molecule has 29 heavy (non-hydrogen) atoms. The highest BCUT2D eigenvalue weighted by Crippen LogP contribution is 2.21. The number of likely N-dealkylation sites (tertiary alicyclic amines) is 1. The lowest BCUT2D eigenvalue weighted by atomic mass is 10.1. The Hall–Kier alpha value is -2.72. The number of piperidine rings is 1. The maximum absolute atomic E-state index is 12.7. The normalized spacial score (nSPS) is 15.4. The fraction of sp³-hybridized carbons (Fsp3) is 0.421. The molecule has 1 aliphatic heterocycles. The minimum Gasteiger partial charge on any atom is -0.474 e. The number of methoxy groups -OCH3 is 1. The molecule has 0 aliphatic carbocycles. The summed E-state index contributed by atoms with van der Waals surface area (Å²) in [5, 5.41) is 0. The number of hydrogen-bond acceptors (Lipinski definition) is 7. The Kier molecular flexibility index (Phi) is 6.33. The SMILES string of the molecule is COc1nccc(OC2CCN(C(=O)c3ccc(S(=O)(=O)N(C)C)cc3)CC2)n1. The van der Waals surface area contributed by atoms with Crippen LogP contribution in [0.4, 0.5) is 0 Å². The molecule has 2 heterocycles. The minimum absolute atomic E-state index is 0.0498. The molecule has 156 valence electrons. The molecule has 9 nitrogen and oxygen atoms in total. The van der Waals surface area contributed by atoms with Gasteiger partial charge in [-0.05, 0) is 24.3 Å². The first kappa shape index (κ1) is 21.0. The highest BCUT2D eigenvalue weighted by molar-refractivity contribution is 7.89. The van der Waals surface area contributed by atoms with E-state index in [1.54, 1.807) is 29.3 Å². The van der Waals surface area contributed by atoms with Gasteiger partial charge in [-0.3, -0.25) is 4.79 Å². The molecule has 1 aromatic carbocycles. The van der Waals surface area contributed by atoms with Crippen molar-refractivity contribution in [2.45, 2.75) is 23.8 Å². The van der Waals surface area contributed by atoms with Crippen LogP contribution in [-0.2, 0) is 10.0 Å². The summed E-state index contributed by atoms with van der Waals surface area (Å²) in [6.45, 7) is 1.09. The second-order valence-corrected chi connectivity index (χ2v) is 8.95. The first-order chi connectivity index (χ1) is 13.8. The lowest BCUT2D eigenvalue weighted by molar-refractivity contribution is 0.0586. The van der Waals surface area contributed by atoms with Gasteiger partial charge in [-0.25, -0.2) is 17.7 Å². The van der Waals surface area contributed by atoms with Crippen LogP contribution in [0.1, 0.15) is 23.2 Å². The molecule has 10 heteroatoms. The molecule has 0 spiro atoms. The molecule has 0 N–H and O–H groups in total. The van der Waals surface area contributed by atoms with Crippen LogP contribution >= 0.6 is 0 Å². The van der Waals surface area contributed by atoms with Crippen molar-refractivity contribution in [2.24, 2.45) is 0 Å². The predicted octanol–water partition coefficient (Wildman–Crippen LogP) is 1.42. The van der Waals surface area contributed by atoms with E-state index in [-0.39, 0.29) is 22.9 Å². The first-order valence-corrected chi connectivity index (χ1v) is 10.6. The van der Waals surface area contributed by atoms with Gasteiger partial charge in [0.1, 0.15) is 6.10 Å². The third-order valence-electron chi connectivity index (χ3n) is 4.69. The second-order valence-electron chi connectivity index (χ2n) is 6.80. The molecule has 0 radical (unpaired) electrons. The van der Waals surface area contributed by atoms with E-state index in [0.29, 0.717) is 37.4 Å². The van der Waals surface area contributed by atoms with Gasteiger partial charge in [-0.2, -0.15) is 4.98 Å². The van der Waals surface area contributed by atoms with E-state index in [4.69, 9.17) is 9.47 Å². The van der Waals surface area contributed by atoms with E-state index < -0.39 is 10.0 Å². The molecular formula is C19H24N4O5S. The number of carbonyl (C=O) groups is 1. The van der Waals surface area contributed by atoms with Crippen molar-refractivity contribution < 1.29 is 22.7 Å². The third-order valence-corrected chi connectivity index (χ3v) is 6.52. The maximum Gasteiger partial charge on any atom is 0.319 e. The van der Waals surface area contributed by atoms with Crippen LogP contribution in [0.3, 0.4) is 0 Å². The fourth-order valence-corrected chi connectivity index (χ4v) is 3.90. The smallest absolute Gasteiger partial charge is 0.319 e. The summed E-state index contributed by atoms with van der Waals surface area (Å²) in [5.74, 6) is 0.320. The topological polar surface area (TPSA) is 102 Å². The average Bonchev–Trinajstić information content (AvgIpc) is 2.74. The van der Waals surface area contributed by atoms with Crippen LogP contribution < -0.4 is 9.47 Å². The predicted molar refractivity (Wildman–Crippen MR) is 105 cm³/mol. The summed E-state index contributed by atoms with van der Waals surface area (Å²) in [4.78, 5) is 22.7. The molecule has 0 unspecified atom stereocenters. The Morgan fingerprint density at radius 2 is 1.79 bits per heavy atom. The monoisotopic (exact) mass is 420 g/mol. The number of aromatic nitrogens is 2. The summed E-state index contributed by atoms with van der Waals surface area (Å²) >= 11 is 0. The molecule has 1 aliphatic rings. The number of hydrogen-bond donors (Lipinski definition) is 0. The fourth-order valence-electron chi connectivity index (χ4n) is 3.00. The second kappa shape index (κ2) is 8.75. The van der Waals surface area contributed by atoms with Crippen LogP contribution in [0.25, 0.3) is 0 Å². The molecular weight excluding hydrogens is 396 g/mol. The summed E-state index contributed by atoms with van der Waals surface area (Å²) in [5.41, 5.74) is 0.461. The molecule has 1 fully saturated rings. The Morgan fingerprint density at radius 1 is 1.14 bits per heavy atom. The summed E-state index contributed by atoms with van der Waals surface area (Å²) in [6, 6.07) is 7.93. The maximum atomic E-state index is 12.7. The van der Waals surface area contributed by atoms with Gasteiger partial charge < -0.3 is 14.4 Å². The van der Waals surface area contributed by atoms with E-state index in [1.807, 2.05) is 0 Å². The van der Waals surface area contributed by atoms with Gasteiger partial charge in [0.2, 0.25) is 15.9 Å². The van der Waals surface area contributed by atoms with Gasteiger partial charge in [0.25, 0.3) is 5.91 Å². The number of amides is 1. The van der Waals surface area contributed by atoms with Gasteiger partial charge in [0.05, 0.1) is 12.0 Å². The Balaban J connectivity index is 1.58. The molecule has 2 aromatic rings. The van der Waals surface area contributed by atoms with Crippen LogP contribution in [0, 0.1) is 0 Å². The molecule has 0 bridgehead atoms. The number of carbonyl (C=O) groups excluding carboxylic acids is 1. The van der Waals surface area contributed by atoms with E-state index in [2.05, 4.69) is 9.97 Å². The van der Waals surface area contributed by atoms with Gasteiger partial charge in [-0.15, -0.1) is 0 Å². The Labute approximate surface area is 170 Å². The zero-order valence-corrected chi connectivity index (χ0v) is 17.4.